The minimum Gasteiger partial charge on any atom is -0.463 e. The number of aliphatic hydroxyl groups is 1. The molecular weight excluding hydrogens is 294 g/mol. The van der Waals surface area contributed by atoms with Crippen molar-refractivity contribution < 1.29 is 19.4 Å². The molecule has 1 aromatic carbocycles. The topological polar surface area (TPSA) is 79.4 Å². The van der Waals surface area contributed by atoms with Crippen LogP contribution in [0.3, 0.4) is 0 Å². The molecule has 2 rings (SSSR count). The number of carbonyl (C=O) groups is 2. The van der Waals surface area contributed by atoms with Gasteiger partial charge in [0.25, 0.3) is 0 Å². The van der Waals surface area contributed by atoms with Crippen molar-refractivity contribution in [3.63, 3.8) is 0 Å². The number of benzene rings is 1. The first-order valence-electron chi connectivity index (χ1n) is 7.61. The third-order valence-corrected chi connectivity index (χ3v) is 3.65. The Morgan fingerprint density at radius 3 is 2.48 bits per heavy atom. The molecule has 2 N–H and O–H groups in total. The molecule has 0 radical (unpaired) electrons. The van der Waals surface area contributed by atoms with Crippen LogP contribution in [0.1, 0.15) is 37.2 Å². The van der Waals surface area contributed by atoms with Gasteiger partial charge in [-0.1, -0.05) is 30.3 Å². The second-order valence-corrected chi connectivity index (χ2v) is 5.40. The Morgan fingerprint density at radius 1 is 1.17 bits per heavy atom. The van der Waals surface area contributed by atoms with Crippen LogP contribution in [0.5, 0.6) is 0 Å². The lowest BCUT2D eigenvalue weighted by Gasteiger charge is -2.25. The van der Waals surface area contributed by atoms with Gasteiger partial charge in [-0.15, -0.1) is 0 Å². The highest BCUT2D eigenvalue weighted by atomic mass is 16.5. The maximum Gasteiger partial charge on any atom is 0.349 e. The maximum atomic E-state index is 12.4. The van der Waals surface area contributed by atoms with Gasteiger partial charge in [0.1, 0.15) is 5.78 Å². The van der Waals surface area contributed by atoms with Crippen LogP contribution in [0.15, 0.2) is 42.5 Å². The van der Waals surface area contributed by atoms with Gasteiger partial charge in [-0.05, 0) is 32.4 Å². The number of nitrogens with one attached hydrogen (secondary N) is 1. The molecule has 0 amide bonds. The Bertz CT molecular complexity index is 677. The zero-order valence-electron chi connectivity index (χ0n) is 13.3. The van der Waals surface area contributed by atoms with Gasteiger partial charge in [0, 0.05) is 17.7 Å². The summed E-state index contributed by atoms with van der Waals surface area (Å²) in [6, 6.07) is 12.1. The molecule has 0 bridgehead atoms. The van der Waals surface area contributed by atoms with Crippen molar-refractivity contribution in [2.45, 2.75) is 32.3 Å². The Labute approximate surface area is 135 Å². The van der Waals surface area contributed by atoms with E-state index in [0.29, 0.717) is 24.1 Å². The number of Topliss-reactive ketones (excluding diaryl/α,β-unsaturated/α-hetero) is 1. The summed E-state index contributed by atoms with van der Waals surface area (Å²) < 4.78 is 5.06. The third-order valence-electron chi connectivity index (χ3n) is 3.65. The maximum absolute atomic E-state index is 12.4. The summed E-state index contributed by atoms with van der Waals surface area (Å²) in [5.74, 6) is -0.643. The SMILES string of the molecule is CCOC(=O)[C@@](O)(c1ccccc1)c1ccc(CCC(C)=O)[nH]1. The minimum absolute atomic E-state index is 0.0878. The van der Waals surface area contributed by atoms with Gasteiger partial charge < -0.3 is 19.6 Å². The number of aryl methyl sites for hydroxylation is 1. The van der Waals surface area contributed by atoms with Crippen LogP contribution in [0.4, 0.5) is 0 Å². The smallest absolute Gasteiger partial charge is 0.349 e. The summed E-state index contributed by atoms with van der Waals surface area (Å²) in [6.07, 6.45) is 0.937. The zero-order valence-corrected chi connectivity index (χ0v) is 13.3. The monoisotopic (exact) mass is 315 g/mol. The second kappa shape index (κ2) is 7.24. The number of carbonyl (C=O) groups excluding carboxylic acids is 2. The number of aromatic amines is 1. The first kappa shape index (κ1) is 17.0. The number of H-pyrrole nitrogens is 1. The largest absolute Gasteiger partial charge is 0.463 e. The first-order valence-corrected chi connectivity index (χ1v) is 7.61. The molecular formula is C18H21NO4. The Morgan fingerprint density at radius 2 is 1.87 bits per heavy atom. The molecule has 5 heteroatoms. The number of hydrogen-bond donors (Lipinski definition) is 2. The minimum atomic E-state index is -1.90. The van der Waals surface area contributed by atoms with Gasteiger partial charge in [0.05, 0.1) is 12.3 Å². The molecule has 5 nitrogen and oxygen atoms in total. The van der Waals surface area contributed by atoms with Crippen molar-refractivity contribution >= 4 is 11.8 Å². The Balaban J connectivity index is 2.38. The van der Waals surface area contributed by atoms with Crippen LogP contribution in [-0.4, -0.2) is 28.4 Å². The highest BCUT2D eigenvalue weighted by Gasteiger charge is 2.42. The normalized spacial score (nSPS) is 13.3. The molecule has 1 aromatic heterocycles. The first-order chi connectivity index (χ1) is 11.0. The van der Waals surface area contributed by atoms with E-state index in [1.165, 1.54) is 6.92 Å². The average Bonchev–Trinajstić information content (AvgIpc) is 3.02. The van der Waals surface area contributed by atoms with Gasteiger partial charge in [-0.25, -0.2) is 4.79 Å². The highest BCUT2D eigenvalue weighted by molar-refractivity contribution is 5.85. The van der Waals surface area contributed by atoms with Gasteiger partial charge in [0.15, 0.2) is 0 Å². The highest BCUT2D eigenvalue weighted by Crippen LogP contribution is 2.30. The van der Waals surface area contributed by atoms with E-state index in [1.54, 1.807) is 43.3 Å². The van der Waals surface area contributed by atoms with Crippen molar-refractivity contribution in [1.82, 2.24) is 4.98 Å². The molecule has 1 atom stereocenters. The summed E-state index contributed by atoms with van der Waals surface area (Å²) in [6.45, 7) is 3.39. The van der Waals surface area contributed by atoms with Gasteiger partial charge in [0.2, 0.25) is 5.60 Å². The van der Waals surface area contributed by atoms with Crippen LogP contribution < -0.4 is 0 Å². The number of hydrogen-bond acceptors (Lipinski definition) is 4. The fraction of sp³-hybridized carbons (Fsp3) is 0.333. The van der Waals surface area contributed by atoms with Gasteiger partial charge in [-0.2, -0.15) is 0 Å². The Kier molecular flexibility index (Phi) is 5.34. The molecule has 23 heavy (non-hydrogen) atoms. The van der Waals surface area contributed by atoms with Crippen LogP contribution in [-0.2, 0) is 26.3 Å². The lowest BCUT2D eigenvalue weighted by molar-refractivity contribution is -0.162. The molecule has 2 aromatic rings. The van der Waals surface area contributed by atoms with Crippen LogP contribution in [0, 0.1) is 0 Å². The van der Waals surface area contributed by atoms with E-state index < -0.39 is 11.6 Å². The average molecular weight is 315 g/mol. The summed E-state index contributed by atoms with van der Waals surface area (Å²) in [7, 11) is 0. The van der Waals surface area contributed by atoms with E-state index >= 15 is 0 Å². The lowest BCUT2D eigenvalue weighted by atomic mass is 9.90. The van der Waals surface area contributed by atoms with Crippen molar-refractivity contribution in [2.24, 2.45) is 0 Å². The van der Waals surface area contributed by atoms with E-state index in [1.807, 2.05) is 6.07 Å². The van der Waals surface area contributed by atoms with Gasteiger partial charge in [-0.3, -0.25) is 0 Å². The summed E-state index contributed by atoms with van der Waals surface area (Å²) >= 11 is 0. The molecule has 0 saturated heterocycles. The molecule has 0 fully saturated rings. The predicted octanol–water partition coefficient (Wildman–Crippen LogP) is 2.34. The number of esters is 1. The van der Waals surface area contributed by atoms with Crippen molar-refractivity contribution in [1.29, 1.82) is 0 Å². The lowest BCUT2D eigenvalue weighted by Crippen LogP contribution is -2.39. The fourth-order valence-corrected chi connectivity index (χ4v) is 2.41. The molecule has 0 aliphatic heterocycles. The quantitative estimate of drug-likeness (QED) is 0.769. The number of ketones is 1. The number of aromatic nitrogens is 1. The van der Waals surface area contributed by atoms with Crippen molar-refractivity contribution in [2.75, 3.05) is 6.61 Å². The van der Waals surface area contributed by atoms with Crippen molar-refractivity contribution in [3.05, 3.63) is 59.4 Å². The van der Waals surface area contributed by atoms with Crippen LogP contribution in [0.25, 0.3) is 0 Å². The van der Waals surface area contributed by atoms with Crippen molar-refractivity contribution in [3.8, 4) is 0 Å². The molecule has 1 heterocycles. The number of ether oxygens (including phenoxy) is 1. The summed E-state index contributed by atoms with van der Waals surface area (Å²) in [4.78, 5) is 26.5. The zero-order chi connectivity index (χ0) is 16.9. The molecule has 0 aliphatic carbocycles. The second-order valence-electron chi connectivity index (χ2n) is 5.40. The van der Waals surface area contributed by atoms with Gasteiger partial charge >= 0.3 is 5.97 Å². The van der Waals surface area contributed by atoms with E-state index in [4.69, 9.17) is 4.74 Å². The molecule has 122 valence electrons. The number of rotatable bonds is 7. The summed E-state index contributed by atoms with van der Waals surface area (Å²) in [5.41, 5.74) is -0.348. The van der Waals surface area contributed by atoms with E-state index in [9.17, 15) is 14.7 Å². The standard InChI is InChI=1S/C18H21NO4/c1-3-23-17(21)18(22,14-7-5-4-6-8-14)16-12-11-15(19-16)10-9-13(2)20/h4-8,11-12,19,22H,3,9-10H2,1-2H3/t18-/m1/s1. The van der Waals surface area contributed by atoms with E-state index in [2.05, 4.69) is 4.98 Å². The molecule has 0 unspecified atom stereocenters. The molecule has 0 spiro atoms. The third kappa shape index (κ3) is 3.68. The Hall–Kier alpha value is -2.40. The van der Waals surface area contributed by atoms with Crippen LogP contribution in [0.2, 0.25) is 0 Å². The summed E-state index contributed by atoms with van der Waals surface area (Å²) in [5, 5.41) is 11.1. The molecule has 0 saturated carbocycles. The molecule has 0 aliphatic rings. The van der Waals surface area contributed by atoms with E-state index in [0.717, 1.165) is 5.69 Å². The predicted molar refractivity (Wildman–Crippen MR) is 85.9 cm³/mol. The van der Waals surface area contributed by atoms with E-state index in [-0.39, 0.29) is 12.4 Å². The fourth-order valence-electron chi connectivity index (χ4n) is 2.41. The van der Waals surface area contributed by atoms with Crippen LogP contribution >= 0.6 is 0 Å².